The summed E-state index contributed by atoms with van der Waals surface area (Å²) in [5.74, 6) is 1.31. The summed E-state index contributed by atoms with van der Waals surface area (Å²) in [6.07, 6.45) is 0.735. The van der Waals surface area contributed by atoms with Crippen LogP contribution in [0.15, 0.2) is 18.2 Å². The lowest BCUT2D eigenvalue weighted by atomic mass is 10.3. The summed E-state index contributed by atoms with van der Waals surface area (Å²) in [6, 6.07) is 5.56. The molecule has 0 spiro atoms. The molecular formula is C12H15N3O2. The lowest BCUT2D eigenvalue weighted by molar-refractivity contribution is 0.0960. The van der Waals surface area contributed by atoms with Crippen molar-refractivity contribution in [3.05, 3.63) is 29.7 Å². The molecule has 1 amide bonds. The molecule has 2 rings (SSSR count). The van der Waals surface area contributed by atoms with E-state index in [9.17, 15) is 4.79 Å². The third-order valence-electron chi connectivity index (χ3n) is 2.66. The zero-order valence-corrected chi connectivity index (χ0v) is 10.2. The van der Waals surface area contributed by atoms with Crippen LogP contribution in [0.4, 0.5) is 0 Å². The van der Waals surface area contributed by atoms with Gasteiger partial charge in [-0.2, -0.15) is 0 Å². The van der Waals surface area contributed by atoms with Crippen molar-refractivity contribution in [3.63, 3.8) is 0 Å². The number of aromatic nitrogens is 2. The molecule has 2 aromatic rings. The minimum absolute atomic E-state index is 0.185. The van der Waals surface area contributed by atoms with E-state index in [-0.39, 0.29) is 5.91 Å². The molecule has 0 saturated carbocycles. The molecule has 0 aromatic carbocycles. The van der Waals surface area contributed by atoms with Gasteiger partial charge in [0.2, 0.25) is 0 Å². The Labute approximate surface area is 99.4 Å². The SMILES string of the molecule is CCc1nc(C(=O)NC)c2cccc(OC)n12. The van der Waals surface area contributed by atoms with E-state index < -0.39 is 0 Å². The van der Waals surface area contributed by atoms with Crippen LogP contribution in [0.25, 0.3) is 5.52 Å². The van der Waals surface area contributed by atoms with Crippen LogP contribution in [-0.2, 0) is 6.42 Å². The number of hydrogen-bond donors (Lipinski definition) is 1. The number of nitrogens with one attached hydrogen (secondary N) is 1. The van der Waals surface area contributed by atoms with Gasteiger partial charge in [-0.05, 0) is 12.1 Å². The number of fused-ring (bicyclic) bond motifs is 1. The van der Waals surface area contributed by atoms with Gasteiger partial charge in [-0.15, -0.1) is 0 Å². The van der Waals surface area contributed by atoms with E-state index in [0.717, 1.165) is 17.8 Å². The molecule has 0 aliphatic carbocycles. The number of aryl methyl sites for hydroxylation is 1. The van der Waals surface area contributed by atoms with Crippen molar-refractivity contribution < 1.29 is 9.53 Å². The minimum atomic E-state index is -0.185. The Bertz CT molecular complexity index is 560. The van der Waals surface area contributed by atoms with Gasteiger partial charge >= 0.3 is 0 Å². The number of nitrogens with zero attached hydrogens (tertiary/aromatic N) is 2. The quantitative estimate of drug-likeness (QED) is 0.868. The Morgan fingerprint density at radius 1 is 1.53 bits per heavy atom. The second-order valence-corrected chi connectivity index (χ2v) is 3.60. The van der Waals surface area contributed by atoms with Gasteiger partial charge in [0.1, 0.15) is 5.82 Å². The topological polar surface area (TPSA) is 55.6 Å². The normalized spacial score (nSPS) is 10.5. The Hall–Kier alpha value is -2.04. The van der Waals surface area contributed by atoms with E-state index in [0.29, 0.717) is 11.6 Å². The zero-order chi connectivity index (χ0) is 12.4. The molecule has 0 fully saturated rings. The molecule has 1 N–H and O–H groups in total. The van der Waals surface area contributed by atoms with E-state index in [1.54, 1.807) is 14.2 Å². The first-order valence-electron chi connectivity index (χ1n) is 5.49. The maximum atomic E-state index is 11.7. The Morgan fingerprint density at radius 3 is 2.88 bits per heavy atom. The second kappa shape index (κ2) is 4.45. The summed E-state index contributed by atoms with van der Waals surface area (Å²) in [6.45, 7) is 1.99. The fraction of sp³-hybridized carbons (Fsp3) is 0.333. The number of methoxy groups -OCH3 is 1. The van der Waals surface area contributed by atoms with Gasteiger partial charge < -0.3 is 10.1 Å². The van der Waals surface area contributed by atoms with Crippen molar-refractivity contribution in [1.82, 2.24) is 14.7 Å². The number of imidazole rings is 1. The number of rotatable bonds is 3. The predicted octanol–water partition coefficient (Wildman–Crippen LogP) is 1.26. The fourth-order valence-electron chi connectivity index (χ4n) is 1.86. The van der Waals surface area contributed by atoms with Gasteiger partial charge in [-0.1, -0.05) is 13.0 Å². The molecule has 5 heteroatoms. The lowest BCUT2D eigenvalue weighted by Crippen LogP contribution is -2.18. The minimum Gasteiger partial charge on any atom is -0.482 e. The van der Waals surface area contributed by atoms with Crippen LogP contribution in [0.1, 0.15) is 23.2 Å². The molecule has 90 valence electrons. The number of carbonyl (C=O) groups is 1. The number of pyridine rings is 1. The predicted molar refractivity (Wildman–Crippen MR) is 64.5 cm³/mol. The van der Waals surface area contributed by atoms with E-state index in [4.69, 9.17) is 4.74 Å². The molecule has 0 aliphatic heterocycles. The van der Waals surface area contributed by atoms with Gasteiger partial charge in [0.05, 0.1) is 12.6 Å². The highest BCUT2D eigenvalue weighted by Crippen LogP contribution is 2.21. The Kier molecular flexibility index (Phi) is 2.99. The van der Waals surface area contributed by atoms with Crippen LogP contribution in [-0.4, -0.2) is 29.4 Å². The molecule has 5 nitrogen and oxygen atoms in total. The molecule has 0 unspecified atom stereocenters. The number of hydrogen-bond acceptors (Lipinski definition) is 3. The van der Waals surface area contributed by atoms with Crippen molar-refractivity contribution in [2.75, 3.05) is 14.2 Å². The monoisotopic (exact) mass is 233 g/mol. The summed E-state index contributed by atoms with van der Waals surface area (Å²) in [4.78, 5) is 16.1. The molecule has 0 aliphatic rings. The maximum Gasteiger partial charge on any atom is 0.271 e. The summed E-state index contributed by atoms with van der Waals surface area (Å²) in [5.41, 5.74) is 1.20. The molecule has 2 aromatic heterocycles. The van der Waals surface area contributed by atoms with Gasteiger partial charge in [0, 0.05) is 13.5 Å². The van der Waals surface area contributed by atoms with Crippen molar-refractivity contribution in [1.29, 1.82) is 0 Å². The Morgan fingerprint density at radius 2 is 2.29 bits per heavy atom. The molecule has 0 saturated heterocycles. The van der Waals surface area contributed by atoms with Gasteiger partial charge in [0.25, 0.3) is 5.91 Å². The van der Waals surface area contributed by atoms with Crippen LogP contribution < -0.4 is 10.1 Å². The fourth-order valence-corrected chi connectivity index (χ4v) is 1.86. The largest absolute Gasteiger partial charge is 0.482 e. The van der Waals surface area contributed by atoms with Crippen molar-refractivity contribution >= 4 is 11.4 Å². The molecule has 2 heterocycles. The van der Waals surface area contributed by atoms with Crippen LogP contribution in [0.5, 0.6) is 5.88 Å². The van der Waals surface area contributed by atoms with Crippen molar-refractivity contribution in [2.24, 2.45) is 0 Å². The second-order valence-electron chi connectivity index (χ2n) is 3.60. The van der Waals surface area contributed by atoms with Crippen LogP contribution in [0.2, 0.25) is 0 Å². The highest BCUT2D eigenvalue weighted by Gasteiger charge is 2.17. The smallest absolute Gasteiger partial charge is 0.271 e. The van der Waals surface area contributed by atoms with E-state index in [1.165, 1.54) is 0 Å². The molecule has 0 radical (unpaired) electrons. The van der Waals surface area contributed by atoms with Crippen molar-refractivity contribution in [2.45, 2.75) is 13.3 Å². The third-order valence-corrected chi connectivity index (χ3v) is 2.66. The van der Waals surface area contributed by atoms with Crippen LogP contribution >= 0.6 is 0 Å². The van der Waals surface area contributed by atoms with Crippen LogP contribution in [0.3, 0.4) is 0 Å². The average Bonchev–Trinajstić information content (AvgIpc) is 2.76. The summed E-state index contributed by atoms with van der Waals surface area (Å²) in [7, 11) is 3.20. The summed E-state index contributed by atoms with van der Waals surface area (Å²) >= 11 is 0. The standard InChI is InChI=1S/C12H15N3O2/c1-4-9-14-11(12(16)13-2)8-6-5-7-10(17-3)15(8)9/h5-7H,4H2,1-3H3,(H,13,16). The number of ether oxygens (including phenoxy) is 1. The molecule has 0 atom stereocenters. The first-order chi connectivity index (χ1) is 8.22. The highest BCUT2D eigenvalue weighted by molar-refractivity contribution is 5.99. The molecular weight excluding hydrogens is 218 g/mol. The molecule has 17 heavy (non-hydrogen) atoms. The average molecular weight is 233 g/mol. The zero-order valence-electron chi connectivity index (χ0n) is 10.2. The first kappa shape index (κ1) is 11.4. The summed E-state index contributed by atoms with van der Waals surface area (Å²) in [5, 5.41) is 2.59. The number of amides is 1. The molecule has 0 bridgehead atoms. The van der Waals surface area contributed by atoms with E-state index >= 15 is 0 Å². The van der Waals surface area contributed by atoms with E-state index in [2.05, 4.69) is 10.3 Å². The Balaban J connectivity index is 2.77. The van der Waals surface area contributed by atoms with Gasteiger partial charge in [-0.25, -0.2) is 4.98 Å². The third kappa shape index (κ3) is 1.73. The highest BCUT2D eigenvalue weighted by atomic mass is 16.5. The first-order valence-corrected chi connectivity index (χ1v) is 5.49. The number of carbonyl (C=O) groups excluding carboxylic acids is 1. The summed E-state index contributed by atoms with van der Waals surface area (Å²) < 4.78 is 7.15. The maximum absolute atomic E-state index is 11.7. The van der Waals surface area contributed by atoms with Crippen molar-refractivity contribution in [3.8, 4) is 5.88 Å². The van der Waals surface area contributed by atoms with Gasteiger partial charge in [0.15, 0.2) is 11.6 Å². The van der Waals surface area contributed by atoms with Gasteiger partial charge in [-0.3, -0.25) is 9.20 Å². The van der Waals surface area contributed by atoms with E-state index in [1.807, 2.05) is 29.5 Å². The lowest BCUT2D eigenvalue weighted by Gasteiger charge is -2.05. The van der Waals surface area contributed by atoms with Crippen LogP contribution in [0, 0.1) is 0 Å².